The second-order valence-corrected chi connectivity index (χ2v) is 9.35. The van der Waals surface area contributed by atoms with E-state index in [1.165, 1.54) is 6.07 Å². The smallest absolute Gasteiger partial charge is 0.416 e. The number of urea groups is 1. The van der Waals surface area contributed by atoms with Crippen LogP contribution in [-0.2, 0) is 18.1 Å². The van der Waals surface area contributed by atoms with Crippen molar-refractivity contribution in [3.8, 4) is 11.5 Å². The summed E-state index contributed by atoms with van der Waals surface area (Å²) in [6, 6.07) is 34.7. The number of carbonyl (C=O) groups excluding carboxylic acids is 1. The van der Waals surface area contributed by atoms with Gasteiger partial charge >= 0.3 is 12.2 Å². The van der Waals surface area contributed by atoms with Crippen LogP contribution >= 0.6 is 0 Å². The summed E-state index contributed by atoms with van der Waals surface area (Å²) in [4.78, 5) is 18.2. The lowest BCUT2D eigenvalue weighted by molar-refractivity contribution is -0.137. The molecule has 0 saturated heterocycles. The summed E-state index contributed by atoms with van der Waals surface area (Å²) in [6.45, 7) is 0. The van der Waals surface area contributed by atoms with E-state index in [0.29, 0.717) is 22.9 Å². The monoisotopic (exact) mass is 553 g/mol. The van der Waals surface area contributed by atoms with Gasteiger partial charge < -0.3 is 15.4 Å². The molecule has 1 unspecified atom stereocenters. The van der Waals surface area contributed by atoms with Gasteiger partial charge in [0.2, 0.25) is 0 Å². The molecule has 1 heterocycles. The number of para-hydroxylation sites is 3. The fourth-order valence-corrected chi connectivity index (χ4v) is 4.62. The molecule has 0 radical (unpaired) electrons. The van der Waals surface area contributed by atoms with Gasteiger partial charge in [-0.1, -0.05) is 78.9 Å². The molecule has 0 fully saturated rings. The number of hydrogen-bond donors (Lipinski definition) is 2. The third kappa shape index (κ3) is 6.55. The first kappa shape index (κ1) is 27.5. The first-order chi connectivity index (χ1) is 19.8. The molecule has 41 heavy (non-hydrogen) atoms. The topological polar surface area (TPSA) is 63.2 Å². The van der Waals surface area contributed by atoms with E-state index in [4.69, 9.17) is 4.74 Å². The Hall–Kier alpha value is -5.11. The van der Waals surface area contributed by atoms with Crippen LogP contribution in [-0.4, -0.2) is 11.0 Å². The van der Waals surface area contributed by atoms with Crippen LogP contribution in [0.15, 0.2) is 134 Å². The molecule has 4 aromatic carbocycles. The predicted molar refractivity (Wildman–Crippen MR) is 152 cm³/mol. The van der Waals surface area contributed by atoms with E-state index in [1.54, 1.807) is 66.9 Å². The lowest BCUT2D eigenvalue weighted by Gasteiger charge is -2.36. The number of benzene rings is 4. The lowest BCUT2D eigenvalue weighted by atomic mass is 9.80. The van der Waals surface area contributed by atoms with Crippen molar-refractivity contribution in [2.24, 2.45) is 0 Å². The zero-order valence-corrected chi connectivity index (χ0v) is 21.8. The Labute approximate surface area is 235 Å². The number of pyridine rings is 1. The number of nitrogens with zero attached hydrogens (tertiary/aromatic N) is 1. The van der Waals surface area contributed by atoms with Crippen LogP contribution in [0, 0.1) is 0 Å². The fraction of sp³-hybridized carbons (Fsp3) is 0.0909. The van der Waals surface area contributed by atoms with E-state index in [2.05, 4.69) is 15.6 Å². The number of rotatable bonds is 8. The lowest BCUT2D eigenvalue weighted by Crippen LogP contribution is -2.50. The van der Waals surface area contributed by atoms with Crippen molar-refractivity contribution in [3.05, 3.63) is 156 Å². The summed E-state index contributed by atoms with van der Waals surface area (Å²) in [7, 11) is 0. The molecule has 0 saturated carbocycles. The summed E-state index contributed by atoms with van der Waals surface area (Å²) in [5, 5.41) is 5.83. The molecular formula is C33H26F3N3O2. The molecule has 0 spiro atoms. The van der Waals surface area contributed by atoms with Gasteiger partial charge in [-0.05, 0) is 59.7 Å². The van der Waals surface area contributed by atoms with E-state index in [0.717, 1.165) is 17.7 Å². The number of aromatic nitrogens is 1. The van der Waals surface area contributed by atoms with Crippen LogP contribution in [0.1, 0.15) is 22.4 Å². The van der Waals surface area contributed by atoms with Gasteiger partial charge in [0.15, 0.2) is 5.75 Å². The third-order valence-corrected chi connectivity index (χ3v) is 6.53. The fourth-order valence-electron chi connectivity index (χ4n) is 4.62. The molecule has 0 aliphatic carbocycles. The Balaban J connectivity index is 1.57. The molecule has 1 atom stereocenters. The van der Waals surface area contributed by atoms with Gasteiger partial charge in [-0.2, -0.15) is 13.2 Å². The first-order valence-corrected chi connectivity index (χ1v) is 12.9. The van der Waals surface area contributed by atoms with Gasteiger partial charge in [-0.25, -0.2) is 4.79 Å². The highest BCUT2D eigenvalue weighted by Gasteiger charge is 2.40. The van der Waals surface area contributed by atoms with Crippen LogP contribution in [0.25, 0.3) is 0 Å². The number of anilines is 1. The Morgan fingerprint density at radius 1 is 0.732 bits per heavy atom. The van der Waals surface area contributed by atoms with Crippen LogP contribution < -0.4 is 15.4 Å². The third-order valence-electron chi connectivity index (χ3n) is 6.53. The highest BCUT2D eigenvalue weighted by molar-refractivity contribution is 5.92. The molecule has 5 rings (SSSR count). The maximum Gasteiger partial charge on any atom is 0.416 e. The zero-order chi connectivity index (χ0) is 28.7. The van der Waals surface area contributed by atoms with E-state index < -0.39 is 23.3 Å². The van der Waals surface area contributed by atoms with Crippen molar-refractivity contribution in [1.29, 1.82) is 0 Å². The first-order valence-electron chi connectivity index (χ1n) is 12.9. The van der Waals surface area contributed by atoms with E-state index >= 15 is 0 Å². The van der Waals surface area contributed by atoms with Gasteiger partial charge in [0.05, 0.1) is 16.9 Å². The molecule has 0 aliphatic rings. The summed E-state index contributed by atoms with van der Waals surface area (Å²) in [5.41, 5.74) is -0.488. The van der Waals surface area contributed by atoms with E-state index in [9.17, 15) is 18.0 Å². The molecule has 2 N–H and O–H groups in total. The van der Waals surface area contributed by atoms with Crippen molar-refractivity contribution < 1.29 is 22.7 Å². The molecule has 1 aromatic heterocycles. The maximum atomic E-state index is 13.8. The molecule has 0 bridgehead atoms. The van der Waals surface area contributed by atoms with Crippen molar-refractivity contribution >= 4 is 11.7 Å². The number of halogens is 3. The Kier molecular flexibility index (Phi) is 8.01. The minimum atomic E-state index is -4.57. The van der Waals surface area contributed by atoms with Crippen LogP contribution in [0.3, 0.4) is 0 Å². The summed E-state index contributed by atoms with van der Waals surface area (Å²) in [6.07, 6.45) is -2.89. The second kappa shape index (κ2) is 12.0. The van der Waals surface area contributed by atoms with Gasteiger partial charge in [0, 0.05) is 12.6 Å². The predicted octanol–water partition coefficient (Wildman–Crippen LogP) is 8.20. The van der Waals surface area contributed by atoms with Crippen LogP contribution in [0.4, 0.5) is 23.7 Å². The van der Waals surface area contributed by atoms with Gasteiger partial charge in [-0.3, -0.25) is 4.98 Å². The quantitative estimate of drug-likeness (QED) is 0.204. The number of hydrogen-bond acceptors (Lipinski definition) is 3. The Morgan fingerprint density at radius 2 is 1.39 bits per heavy atom. The average molecular weight is 554 g/mol. The van der Waals surface area contributed by atoms with Crippen LogP contribution in [0.2, 0.25) is 0 Å². The molecule has 8 heteroatoms. The van der Waals surface area contributed by atoms with Gasteiger partial charge in [0.1, 0.15) is 11.3 Å². The number of amides is 2. The number of alkyl halides is 3. The molecular weight excluding hydrogens is 527 g/mol. The molecule has 0 aliphatic heterocycles. The molecule has 206 valence electrons. The summed E-state index contributed by atoms with van der Waals surface area (Å²) < 4.78 is 47.5. The number of ether oxygens (including phenoxy) is 1. The van der Waals surface area contributed by atoms with Crippen LogP contribution in [0.5, 0.6) is 11.5 Å². The van der Waals surface area contributed by atoms with Crippen molar-refractivity contribution in [1.82, 2.24) is 10.3 Å². The second-order valence-electron chi connectivity index (χ2n) is 9.35. The number of nitrogens with one attached hydrogen (secondary N) is 2. The maximum absolute atomic E-state index is 13.8. The van der Waals surface area contributed by atoms with E-state index in [1.807, 2.05) is 48.5 Å². The summed E-state index contributed by atoms with van der Waals surface area (Å²) in [5.74, 6) is 0.984. The Bertz CT molecular complexity index is 1600. The van der Waals surface area contributed by atoms with Gasteiger partial charge in [0.25, 0.3) is 0 Å². The Morgan fingerprint density at radius 3 is 2.10 bits per heavy atom. The highest BCUT2D eigenvalue weighted by atomic mass is 19.4. The van der Waals surface area contributed by atoms with E-state index in [-0.39, 0.29) is 12.0 Å². The molecule has 2 amide bonds. The zero-order valence-electron chi connectivity index (χ0n) is 21.8. The molecule has 5 nitrogen and oxygen atoms in total. The van der Waals surface area contributed by atoms with Gasteiger partial charge in [-0.15, -0.1) is 0 Å². The minimum Gasteiger partial charge on any atom is -0.455 e. The van der Waals surface area contributed by atoms with Crippen molar-refractivity contribution in [3.63, 3.8) is 0 Å². The minimum absolute atomic E-state index is 0.141. The normalized spacial score (nSPS) is 12.7. The SMILES string of the molecule is O=C(Nc1ccccc1Oc1ccccc1)NC(Cc1ccccc1)(c1cccc(C(F)(F)F)c1)c1ccccn1. The largest absolute Gasteiger partial charge is 0.455 e. The number of carbonyl (C=O) groups is 1. The summed E-state index contributed by atoms with van der Waals surface area (Å²) >= 11 is 0. The van der Waals surface area contributed by atoms with Crippen molar-refractivity contribution in [2.45, 2.75) is 18.1 Å². The average Bonchev–Trinajstić information content (AvgIpc) is 2.99. The highest BCUT2D eigenvalue weighted by Crippen LogP contribution is 2.37. The standard InChI is InChI=1S/C33H26F3N3O2/c34-33(35,36)26-15-11-14-25(22-26)32(30-20-9-10-21-37-30,23-24-12-3-1-4-13-24)39-31(40)38-28-18-7-8-19-29(28)41-27-16-5-2-6-17-27/h1-22H,23H2,(H2,38,39,40). The van der Waals surface area contributed by atoms with Crippen molar-refractivity contribution in [2.75, 3.05) is 5.32 Å². The molecule has 5 aromatic rings.